The van der Waals surface area contributed by atoms with Crippen molar-refractivity contribution >= 4 is 22.3 Å². The van der Waals surface area contributed by atoms with Crippen LogP contribution in [0.2, 0.25) is 0 Å². The monoisotopic (exact) mass is 294 g/mol. The highest BCUT2D eigenvalue weighted by atomic mass is 16.5. The zero-order chi connectivity index (χ0) is 15.5. The predicted octanol–water partition coefficient (Wildman–Crippen LogP) is 4.30. The molecule has 112 valence electrons. The van der Waals surface area contributed by atoms with E-state index in [-0.39, 0.29) is 0 Å². The number of aryl methyl sites for hydroxylation is 1. The van der Waals surface area contributed by atoms with Crippen LogP contribution in [0.5, 0.6) is 11.5 Å². The van der Waals surface area contributed by atoms with Crippen molar-refractivity contribution in [1.29, 1.82) is 0 Å². The molecule has 1 heterocycles. The number of rotatable bonds is 4. The third-order valence-corrected chi connectivity index (χ3v) is 3.50. The van der Waals surface area contributed by atoms with Crippen LogP contribution in [0.3, 0.4) is 0 Å². The van der Waals surface area contributed by atoms with Gasteiger partial charge in [-0.05, 0) is 43.3 Å². The number of nitrogens with one attached hydrogen (secondary N) is 1. The minimum absolute atomic E-state index is 0.700. The van der Waals surface area contributed by atoms with Crippen molar-refractivity contribution < 1.29 is 9.47 Å². The van der Waals surface area contributed by atoms with Crippen molar-refractivity contribution in [2.75, 3.05) is 19.5 Å². The van der Waals surface area contributed by atoms with E-state index in [1.165, 1.54) is 0 Å². The molecule has 0 amide bonds. The molecule has 0 aliphatic rings. The molecule has 2 aromatic carbocycles. The number of pyridine rings is 1. The third kappa shape index (κ3) is 2.81. The van der Waals surface area contributed by atoms with E-state index in [0.29, 0.717) is 11.5 Å². The van der Waals surface area contributed by atoms with Gasteiger partial charge in [0, 0.05) is 28.5 Å². The third-order valence-electron chi connectivity index (χ3n) is 3.50. The van der Waals surface area contributed by atoms with Gasteiger partial charge in [0.25, 0.3) is 0 Å². The van der Waals surface area contributed by atoms with E-state index in [4.69, 9.17) is 9.47 Å². The van der Waals surface area contributed by atoms with E-state index in [1.54, 1.807) is 14.2 Å². The van der Waals surface area contributed by atoms with E-state index >= 15 is 0 Å². The highest BCUT2D eigenvalue weighted by Crippen LogP contribution is 2.31. The lowest BCUT2D eigenvalue weighted by atomic mass is 10.1. The Morgan fingerprint density at radius 1 is 0.818 bits per heavy atom. The van der Waals surface area contributed by atoms with Gasteiger partial charge in [0.2, 0.25) is 0 Å². The maximum Gasteiger partial charge on any atom is 0.162 e. The van der Waals surface area contributed by atoms with Gasteiger partial charge in [0.1, 0.15) is 0 Å². The minimum atomic E-state index is 0.700. The van der Waals surface area contributed by atoms with Crippen molar-refractivity contribution in [3.8, 4) is 11.5 Å². The van der Waals surface area contributed by atoms with Gasteiger partial charge in [-0.25, -0.2) is 0 Å². The summed E-state index contributed by atoms with van der Waals surface area (Å²) in [5.41, 5.74) is 3.97. The fourth-order valence-corrected chi connectivity index (χ4v) is 2.39. The van der Waals surface area contributed by atoms with Gasteiger partial charge in [-0.3, -0.25) is 4.98 Å². The Hall–Kier alpha value is -2.75. The topological polar surface area (TPSA) is 43.4 Å². The van der Waals surface area contributed by atoms with Crippen LogP contribution in [-0.4, -0.2) is 19.2 Å². The van der Waals surface area contributed by atoms with Gasteiger partial charge < -0.3 is 14.8 Å². The smallest absolute Gasteiger partial charge is 0.162 e. The van der Waals surface area contributed by atoms with Gasteiger partial charge in [-0.1, -0.05) is 6.07 Å². The Balaban J connectivity index is 1.91. The number of anilines is 2. The summed E-state index contributed by atoms with van der Waals surface area (Å²) in [5, 5.41) is 4.48. The minimum Gasteiger partial charge on any atom is -0.493 e. The van der Waals surface area contributed by atoms with Gasteiger partial charge in [0.15, 0.2) is 11.5 Å². The quantitative estimate of drug-likeness (QED) is 0.779. The number of methoxy groups -OCH3 is 2. The summed E-state index contributed by atoms with van der Waals surface area (Å²) in [6.45, 7) is 2.00. The number of aromatic nitrogens is 1. The van der Waals surface area contributed by atoms with Crippen molar-refractivity contribution in [3.63, 3.8) is 0 Å². The first-order chi connectivity index (χ1) is 10.7. The zero-order valence-electron chi connectivity index (χ0n) is 12.9. The number of benzene rings is 2. The molecule has 4 heteroatoms. The molecule has 0 bridgehead atoms. The van der Waals surface area contributed by atoms with E-state index in [9.17, 15) is 0 Å². The summed E-state index contributed by atoms with van der Waals surface area (Å²) in [7, 11) is 3.26. The molecule has 0 saturated carbocycles. The lowest BCUT2D eigenvalue weighted by molar-refractivity contribution is 0.355. The summed E-state index contributed by atoms with van der Waals surface area (Å²) < 4.78 is 10.6. The van der Waals surface area contributed by atoms with Crippen LogP contribution in [0.4, 0.5) is 11.4 Å². The largest absolute Gasteiger partial charge is 0.493 e. The normalized spacial score (nSPS) is 10.5. The molecular weight excluding hydrogens is 276 g/mol. The molecule has 1 N–H and O–H groups in total. The summed E-state index contributed by atoms with van der Waals surface area (Å²) in [5.74, 6) is 1.41. The fraction of sp³-hybridized carbons (Fsp3) is 0.167. The lowest BCUT2D eigenvalue weighted by Crippen LogP contribution is -1.94. The molecule has 0 aliphatic heterocycles. The van der Waals surface area contributed by atoms with Crippen molar-refractivity contribution in [3.05, 3.63) is 54.2 Å². The number of fused-ring (bicyclic) bond motifs is 1. The maximum atomic E-state index is 5.32. The molecular formula is C18H18N2O2. The lowest BCUT2D eigenvalue weighted by Gasteiger charge is -2.12. The van der Waals surface area contributed by atoms with E-state index in [2.05, 4.69) is 22.4 Å². The highest BCUT2D eigenvalue weighted by molar-refractivity contribution is 5.83. The first-order valence-electron chi connectivity index (χ1n) is 7.06. The summed E-state index contributed by atoms with van der Waals surface area (Å²) in [4.78, 5) is 4.51. The molecule has 0 saturated heterocycles. The molecule has 3 aromatic rings. The molecule has 1 aromatic heterocycles. The number of hydrogen-bond acceptors (Lipinski definition) is 4. The second-order valence-corrected chi connectivity index (χ2v) is 5.05. The molecule has 0 fully saturated rings. The fourth-order valence-electron chi connectivity index (χ4n) is 2.39. The first-order valence-corrected chi connectivity index (χ1v) is 7.06. The second kappa shape index (κ2) is 5.93. The van der Waals surface area contributed by atoms with Crippen LogP contribution in [0.1, 0.15) is 5.69 Å². The number of nitrogens with zero attached hydrogens (tertiary/aromatic N) is 1. The number of hydrogen-bond donors (Lipinski definition) is 1. The Labute approximate surface area is 129 Å². The van der Waals surface area contributed by atoms with Crippen LogP contribution in [0, 0.1) is 6.92 Å². The Bertz CT molecular complexity index is 815. The van der Waals surface area contributed by atoms with E-state index < -0.39 is 0 Å². The molecule has 0 unspecified atom stereocenters. The average molecular weight is 294 g/mol. The van der Waals surface area contributed by atoms with E-state index in [1.807, 2.05) is 43.3 Å². The summed E-state index contributed by atoms with van der Waals surface area (Å²) in [6, 6.07) is 16.0. The molecule has 3 rings (SSSR count). The van der Waals surface area contributed by atoms with E-state index in [0.717, 1.165) is 28.0 Å². The Morgan fingerprint density at radius 3 is 2.32 bits per heavy atom. The van der Waals surface area contributed by atoms with Crippen molar-refractivity contribution in [2.24, 2.45) is 0 Å². The standard InChI is InChI=1S/C18H18N2O2/c1-12-4-5-13-10-14(6-8-16(13)19-12)20-15-7-9-17(21-2)18(11-15)22-3/h4-11,20H,1-3H3. The first kappa shape index (κ1) is 14.2. The molecule has 0 spiro atoms. The maximum absolute atomic E-state index is 5.32. The zero-order valence-corrected chi connectivity index (χ0v) is 12.9. The SMILES string of the molecule is COc1ccc(Nc2ccc3nc(C)ccc3c2)cc1OC. The Morgan fingerprint density at radius 2 is 1.55 bits per heavy atom. The van der Waals surface area contributed by atoms with Crippen LogP contribution >= 0.6 is 0 Å². The molecule has 4 nitrogen and oxygen atoms in total. The van der Waals surface area contributed by atoms with Crippen LogP contribution in [-0.2, 0) is 0 Å². The average Bonchev–Trinajstić information content (AvgIpc) is 2.55. The molecule has 0 atom stereocenters. The van der Waals surface area contributed by atoms with Crippen LogP contribution in [0.25, 0.3) is 10.9 Å². The second-order valence-electron chi connectivity index (χ2n) is 5.05. The van der Waals surface area contributed by atoms with Crippen LogP contribution < -0.4 is 14.8 Å². The van der Waals surface area contributed by atoms with Crippen molar-refractivity contribution in [1.82, 2.24) is 4.98 Å². The van der Waals surface area contributed by atoms with Gasteiger partial charge in [-0.2, -0.15) is 0 Å². The molecule has 0 radical (unpaired) electrons. The highest BCUT2D eigenvalue weighted by Gasteiger charge is 2.05. The predicted molar refractivity (Wildman–Crippen MR) is 89.3 cm³/mol. The van der Waals surface area contributed by atoms with Crippen LogP contribution in [0.15, 0.2) is 48.5 Å². The molecule has 22 heavy (non-hydrogen) atoms. The number of ether oxygens (including phenoxy) is 2. The van der Waals surface area contributed by atoms with Gasteiger partial charge >= 0.3 is 0 Å². The molecule has 0 aliphatic carbocycles. The summed E-state index contributed by atoms with van der Waals surface area (Å²) >= 11 is 0. The van der Waals surface area contributed by atoms with Gasteiger partial charge in [0.05, 0.1) is 19.7 Å². The van der Waals surface area contributed by atoms with Gasteiger partial charge in [-0.15, -0.1) is 0 Å². The van der Waals surface area contributed by atoms with Crippen molar-refractivity contribution in [2.45, 2.75) is 6.92 Å². The Kier molecular flexibility index (Phi) is 3.83. The summed E-state index contributed by atoms with van der Waals surface area (Å²) in [6.07, 6.45) is 0.